The second-order valence-corrected chi connectivity index (χ2v) is 6.26. The van der Waals surface area contributed by atoms with E-state index >= 15 is 0 Å². The van der Waals surface area contributed by atoms with Gasteiger partial charge in [-0.2, -0.15) is 0 Å². The number of rotatable bonds is 8. The maximum absolute atomic E-state index is 9.37. The van der Waals surface area contributed by atoms with Crippen LogP contribution in [-0.2, 0) is 9.59 Å². The van der Waals surface area contributed by atoms with E-state index in [-0.39, 0.29) is 31.5 Å². The highest BCUT2D eigenvalue weighted by molar-refractivity contribution is 5.66. The highest BCUT2D eigenvalue weighted by Gasteiger charge is 2.32. The molecule has 0 rings (SSSR count). The normalized spacial score (nSPS) is 10.5. The standard InChI is InChI=1S/C11H24O2.2C3H6O2/c1-9(2)5-6-11(7-12,8-13)10(3)4;2*1-2-3(4)5/h9-10,12-13H,5-8H2,1-4H3;2*2H2,1H3,(H,4,5). The predicted octanol–water partition coefficient (Wildman–Crippen LogP) is 3.01. The lowest BCUT2D eigenvalue weighted by Gasteiger charge is -2.34. The quantitative estimate of drug-likeness (QED) is 0.541. The smallest absolute Gasteiger partial charge is 0.303 e. The summed E-state index contributed by atoms with van der Waals surface area (Å²) < 4.78 is 0. The van der Waals surface area contributed by atoms with E-state index in [9.17, 15) is 19.8 Å². The molecule has 0 atom stereocenters. The highest BCUT2D eigenvalue weighted by atomic mass is 16.4. The van der Waals surface area contributed by atoms with E-state index in [1.54, 1.807) is 13.8 Å². The average Bonchev–Trinajstić information content (AvgIpc) is 2.49. The minimum absolute atomic E-state index is 0.0912. The second-order valence-electron chi connectivity index (χ2n) is 6.26. The summed E-state index contributed by atoms with van der Waals surface area (Å²) in [6.45, 7) is 11.8. The molecule has 0 aliphatic rings. The Morgan fingerprint density at radius 2 is 1.17 bits per heavy atom. The Labute approximate surface area is 140 Å². The van der Waals surface area contributed by atoms with Gasteiger partial charge in [0.15, 0.2) is 0 Å². The fraction of sp³-hybridized carbons (Fsp3) is 0.882. The van der Waals surface area contributed by atoms with Crippen molar-refractivity contribution in [1.82, 2.24) is 0 Å². The van der Waals surface area contributed by atoms with Crippen LogP contribution in [0.15, 0.2) is 0 Å². The van der Waals surface area contributed by atoms with E-state index in [0.717, 1.165) is 12.8 Å². The molecule has 0 spiro atoms. The third kappa shape index (κ3) is 17.1. The third-order valence-electron chi connectivity index (χ3n) is 3.68. The molecule has 0 unspecified atom stereocenters. The van der Waals surface area contributed by atoms with Crippen molar-refractivity contribution in [3.8, 4) is 0 Å². The third-order valence-corrected chi connectivity index (χ3v) is 3.68. The maximum Gasteiger partial charge on any atom is 0.303 e. The summed E-state index contributed by atoms with van der Waals surface area (Å²) in [5.41, 5.74) is -0.274. The molecule has 6 nitrogen and oxygen atoms in total. The van der Waals surface area contributed by atoms with Crippen LogP contribution in [0.3, 0.4) is 0 Å². The van der Waals surface area contributed by atoms with Crippen molar-refractivity contribution in [3.05, 3.63) is 0 Å². The lowest BCUT2D eigenvalue weighted by molar-refractivity contribution is -0.137. The van der Waals surface area contributed by atoms with Crippen molar-refractivity contribution in [2.75, 3.05) is 13.2 Å². The van der Waals surface area contributed by atoms with Crippen LogP contribution in [0.5, 0.6) is 0 Å². The summed E-state index contributed by atoms with van der Waals surface area (Å²) >= 11 is 0. The monoisotopic (exact) mass is 336 g/mol. The Hall–Kier alpha value is -1.14. The number of carboxylic acid groups (broad SMARTS) is 2. The van der Waals surface area contributed by atoms with Gasteiger partial charge in [-0.05, 0) is 18.3 Å². The maximum atomic E-state index is 9.37. The van der Waals surface area contributed by atoms with Gasteiger partial charge in [0.25, 0.3) is 0 Å². The van der Waals surface area contributed by atoms with E-state index in [2.05, 4.69) is 27.7 Å². The Bertz CT molecular complexity index is 281. The van der Waals surface area contributed by atoms with Gasteiger partial charge in [0.2, 0.25) is 0 Å². The minimum atomic E-state index is -0.745. The summed E-state index contributed by atoms with van der Waals surface area (Å²) in [4.78, 5) is 18.7. The zero-order valence-corrected chi connectivity index (χ0v) is 15.5. The van der Waals surface area contributed by atoms with Crippen LogP contribution in [0, 0.1) is 17.3 Å². The number of aliphatic hydroxyl groups excluding tert-OH is 2. The van der Waals surface area contributed by atoms with Gasteiger partial charge in [-0.1, -0.05) is 48.0 Å². The molecule has 0 saturated heterocycles. The molecule has 0 saturated carbocycles. The van der Waals surface area contributed by atoms with E-state index in [1.165, 1.54) is 0 Å². The fourth-order valence-corrected chi connectivity index (χ4v) is 1.44. The molecular weight excluding hydrogens is 300 g/mol. The number of aliphatic hydroxyl groups is 2. The topological polar surface area (TPSA) is 115 Å². The molecule has 0 aromatic carbocycles. The molecule has 0 aliphatic carbocycles. The summed E-state index contributed by atoms with van der Waals surface area (Å²) in [6.07, 6.45) is 2.43. The van der Waals surface area contributed by atoms with Gasteiger partial charge in [0.1, 0.15) is 0 Å². The van der Waals surface area contributed by atoms with Crippen LogP contribution in [0.2, 0.25) is 0 Å². The summed E-state index contributed by atoms with van der Waals surface area (Å²) in [6, 6.07) is 0. The Morgan fingerprint density at radius 1 is 0.870 bits per heavy atom. The number of carbonyl (C=O) groups is 2. The van der Waals surface area contributed by atoms with Gasteiger partial charge < -0.3 is 20.4 Å². The van der Waals surface area contributed by atoms with Crippen molar-refractivity contribution < 1.29 is 30.0 Å². The Balaban J connectivity index is -0.000000329. The van der Waals surface area contributed by atoms with E-state index in [4.69, 9.17) is 10.2 Å². The first-order valence-electron chi connectivity index (χ1n) is 8.18. The van der Waals surface area contributed by atoms with Crippen LogP contribution in [0.25, 0.3) is 0 Å². The van der Waals surface area contributed by atoms with Gasteiger partial charge in [-0.3, -0.25) is 9.59 Å². The summed E-state index contributed by atoms with van der Waals surface area (Å²) in [7, 11) is 0. The van der Waals surface area contributed by atoms with Crippen LogP contribution < -0.4 is 0 Å². The first-order valence-corrected chi connectivity index (χ1v) is 8.18. The molecule has 0 aromatic rings. The summed E-state index contributed by atoms with van der Waals surface area (Å²) in [5, 5.41) is 34.0. The van der Waals surface area contributed by atoms with Crippen molar-refractivity contribution in [2.24, 2.45) is 17.3 Å². The number of hydrogen-bond donors (Lipinski definition) is 4. The van der Waals surface area contributed by atoms with Gasteiger partial charge >= 0.3 is 11.9 Å². The second kappa shape index (κ2) is 15.7. The fourth-order valence-electron chi connectivity index (χ4n) is 1.44. The van der Waals surface area contributed by atoms with Crippen molar-refractivity contribution in [1.29, 1.82) is 0 Å². The van der Waals surface area contributed by atoms with Gasteiger partial charge in [-0.15, -0.1) is 0 Å². The zero-order chi connectivity index (χ0) is 19.1. The van der Waals surface area contributed by atoms with E-state index in [1.807, 2.05) is 0 Å². The van der Waals surface area contributed by atoms with Crippen molar-refractivity contribution in [2.45, 2.75) is 67.2 Å². The molecule has 0 aromatic heterocycles. The molecular formula is C17H36O6. The largest absolute Gasteiger partial charge is 0.481 e. The Morgan fingerprint density at radius 3 is 1.30 bits per heavy atom. The first-order chi connectivity index (χ1) is 10.5. The highest BCUT2D eigenvalue weighted by Crippen LogP contribution is 2.33. The molecule has 140 valence electrons. The van der Waals surface area contributed by atoms with Gasteiger partial charge in [0.05, 0.1) is 13.2 Å². The number of hydrogen-bond acceptors (Lipinski definition) is 4. The van der Waals surface area contributed by atoms with Gasteiger partial charge in [-0.25, -0.2) is 0 Å². The SMILES string of the molecule is CC(C)CCC(CO)(CO)C(C)C.CCC(=O)O.CCC(=O)O. The average molecular weight is 336 g/mol. The molecule has 0 heterocycles. The molecule has 0 fully saturated rings. The molecule has 0 aliphatic heterocycles. The lowest BCUT2D eigenvalue weighted by atomic mass is 9.74. The van der Waals surface area contributed by atoms with Gasteiger partial charge in [0, 0.05) is 18.3 Å². The molecule has 0 amide bonds. The first kappa shape index (κ1) is 26.7. The molecule has 23 heavy (non-hydrogen) atoms. The van der Waals surface area contributed by atoms with Crippen LogP contribution in [-0.4, -0.2) is 45.6 Å². The van der Waals surface area contributed by atoms with Crippen LogP contribution >= 0.6 is 0 Å². The Kier molecular flexibility index (Phi) is 18.3. The molecule has 6 heteroatoms. The summed E-state index contributed by atoms with van der Waals surface area (Å²) in [5.74, 6) is -0.521. The van der Waals surface area contributed by atoms with E-state index < -0.39 is 11.9 Å². The van der Waals surface area contributed by atoms with Crippen molar-refractivity contribution in [3.63, 3.8) is 0 Å². The lowest BCUT2D eigenvalue weighted by Crippen LogP contribution is -2.35. The molecule has 4 N–H and O–H groups in total. The van der Waals surface area contributed by atoms with Crippen molar-refractivity contribution >= 4 is 11.9 Å². The van der Waals surface area contributed by atoms with Crippen LogP contribution in [0.4, 0.5) is 0 Å². The van der Waals surface area contributed by atoms with Crippen LogP contribution in [0.1, 0.15) is 67.2 Å². The predicted molar refractivity (Wildman–Crippen MR) is 91.4 cm³/mol. The minimum Gasteiger partial charge on any atom is -0.481 e. The molecule has 0 bridgehead atoms. The van der Waals surface area contributed by atoms with E-state index in [0.29, 0.717) is 11.8 Å². The number of carboxylic acids is 2. The zero-order valence-electron chi connectivity index (χ0n) is 15.5. The molecule has 0 radical (unpaired) electrons. The number of aliphatic carboxylic acids is 2.